The first kappa shape index (κ1) is 25.4. The Hall–Kier alpha value is -0.590. The summed E-state index contributed by atoms with van der Waals surface area (Å²) in [7, 11) is 0. The predicted molar refractivity (Wildman–Crippen MR) is 120 cm³/mol. The summed E-state index contributed by atoms with van der Waals surface area (Å²) in [5.74, 6) is 1.07. The van der Waals surface area contributed by atoms with Gasteiger partial charge in [0.05, 0.1) is 6.04 Å². The lowest BCUT2D eigenvalue weighted by Gasteiger charge is -2.39. The number of rotatable bonds is 3. The fraction of sp³-hybridized carbons (Fsp3) is 0.700. The molecule has 1 aliphatic carbocycles. The van der Waals surface area contributed by atoms with Gasteiger partial charge in [-0.05, 0) is 43.7 Å². The zero-order chi connectivity index (χ0) is 17.2. The molecule has 3 aliphatic rings. The van der Waals surface area contributed by atoms with Crippen molar-refractivity contribution in [2.24, 2.45) is 5.92 Å². The number of aromatic nitrogens is 1. The number of amides is 1. The summed E-state index contributed by atoms with van der Waals surface area (Å²) >= 11 is 0. The van der Waals surface area contributed by atoms with E-state index in [1.54, 1.807) is 0 Å². The van der Waals surface area contributed by atoms with Crippen LogP contribution in [0.5, 0.6) is 0 Å². The minimum Gasteiger partial charge on any atom is -0.339 e. The number of hydrogen-bond acceptors (Lipinski definition) is 4. The maximum Gasteiger partial charge on any atom is 0.239 e. The SMILES string of the molecule is CC(c1cccnc1)N1CCN(C(=O)C2CC3CCCCC3N2)CC1.Cl.Cl.Cl. The molecule has 1 amide bonds. The summed E-state index contributed by atoms with van der Waals surface area (Å²) in [6.07, 6.45) is 10.0. The van der Waals surface area contributed by atoms with Gasteiger partial charge in [0, 0.05) is 50.7 Å². The molecule has 1 aromatic rings. The lowest BCUT2D eigenvalue weighted by Crippen LogP contribution is -2.53. The van der Waals surface area contributed by atoms with Crippen molar-refractivity contribution in [2.45, 2.75) is 57.2 Å². The first-order valence-electron chi connectivity index (χ1n) is 9.91. The normalized spacial score (nSPS) is 28.2. The van der Waals surface area contributed by atoms with Gasteiger partial charge >= 0.3 is 0 Å². The summed E-state index contributed by atoms with van der Waals surface area (Å²) in [5.41, 5.74) is 1.25. The van der Waals surface area contributed by atoms with E-state index in [-0.39, 0.29) is 43.3 Å². The molecule has 8 heteroatoms. The minimum atomic E-state index is 0. The highest BCUT2D eigenvalue weighted by Gasteiger charge is 2.40. The third-order valence-corrected chi connectivity index (χ3v) is 6.50. The lowest BCUT2D eigenvalue weighted by molar-refractivity contribution is -0.135. The number of halogens is 3. The second-order valence-electron chi connectivity index (χ2n) is 7.93. The zero-order valence-corrected chi connectivity index (χ0v) is 18.9. The summed E-state index contributed by atoms with van der Waals surface area (Å²) < 4.78 is 0. The molecule has 3 heterocycles. The Morgan fingerprint density at radius 3 is 2.50 bits per heavy atom. The molecule has 1 aromatic heterocycles. The summed E-state index contributed by atoms with van der Waals surface area (Å²) in [6.45, 7) is 5.81. The van der Waals surface area contributed by atoms with Crippen LogP contribution in [0, 0.1) is 5.92 Å². The summed E-state index contributed by atoms with van der Waals surface area (Å²) in [4.78, 5) is 21.7. The number of fused-ring (bicyclic) bond motifs is 1. The van der Waals surface area contributed by atoms with E-state index in [1.807, 2.05) is 18.5 Å². The Morgan fingerprint density at radius 1 is 1.14 bits per heavy atom. The van der Waals surface area contributed by atoms with Crippen LogP contribution in [0.1, 0.15) is 50.6 Å². The molecule has 0 bridgehead atoms. The predicted octanol–water partition coefficient (Wildman–Crippen LogP) is 3.47. The average molecular weight is 452 g/mol. The fourth-order valence-corrected chi connectivity index (χ4v) is 4.89. The number of nitrogens with one attached hydrogen (secondary N) is 1. The number of nitrogens with zero attached hydrogens (tertiary/aromatic N) is 3. The van der Waals surface area contributed by atoms with E-state index in [4.69, 9.17) is 0 Å². The molecule has 0 radical (unpaired) electrons. The Bertz CT molecular complexity index is 584. The maximum absolute atomic E-state index is 12.9. The third-order valence-electron chi connectivity index (χ3n) is 6.50. The van der Waals surface area contributed by atoms with E-state index in [9.17, 15) is 4.79 Å². The molecule has 2 saturated heterocycles. The molecule has 3 fully saturated rings. The Balaban J connectivity index is 0.00000131. The van der Waals surface area contributed by atoms with Gasteiger partial charge in [-0.15, -0.1) is 37.2 Å². The van der Waals surface area contributed by atoms with Crippen LogP contribution in [0.2, 0.25) is 0 Å². The van der Waals surface area contributed by atoms with Crippen LogP contribution in [0.15, 0.2) is 24.5 Å². The first-order chi connectivity index (χ1) is 12.2. The molecule has 0 spiro atoms. The largest absolute Gasteiger partial charge is 0.339 e. The maximum atomic E-state index is 12.9. The number of hydrogen-bond donors (Lipinski definition) is 1. The summed E-state index contributed by atoms with van der Waals surface area (Å²) in [5, 5.41) is 3.64. The van der Waals surface area contributed by atoms with Crippen LogP contribution >= 0.6 is 37.2 Å². The van der Waals surface area contributed by atoms with E-state index >= 15 is 0 Å². The van der Waals surface area contributed by atoms with Crippen LogP contribution in [0.25, 0.3) is 0 Å². The van der Waals surface area contributed by atoms with Crippen LogP contribution < -0.4 is 5.32 Å². The van der Waals surface area contributed by atoms with E-state index < -0.39 is 0 Å². The van der Waals surface area contributed by atoms with Gasteiger partial charge in [-0.1, -0.05) is 18.9 Å². The van der Waals surface area contributed by atoms with E-state index in [2.05, 4.69) is 33.1 Å². The molecule has 4 rings (SSSR count). The van der Waals surface area contributed by atoms with E-state index in [1.165, 1.54) is 31.2 Å². The van der Waals surface area contributed by atoms with Crippen molar-refractivity contribution >= 4 is 43.1 Å². The van der Waals surface area contributed by atoms with Crippen molar-refractivity contribution in [2.75, 3.05) is 26.2 Å². The van der Waals surface area contributed by atoms with E-state index in [0.29, 0.717) is 18.0 Å². The highest BCUT2D eigenvalue weighted by atomic mass is 35.5. The average Bonchev–Trinajstić information content (AvgIpc) is 3.12. The van der Waals surface area contributed by atoms with E-state index in [0.717, 1.165) is 38.5 Å². The second-order valence-corrected chi connectivity index (χ2v) is 7.93. The first-order valence-corrected chi connectivity index (χ1v) is 9.91. The standard InChI is InChI=1S/C20H30N4O.3ClH/c1-15(17-6-4-8-21-14-17)23-9-11-24(12-10-23)20(25)19-13-16-5-2-3-7-18(16)22-19;;;/h4,6,8,14-16,18-19,22H,2-3,5,7,9-13H2,1H3;3*1H. The van der Waals surface area contributed by atoms with Gasteiger partial charge in [-0.3, -0.25) is 14.7 Å². The lowest BCUT2D eigenvalue weighted by atomic mass is 9.85. The van der Waals surface area contributed by atoms with Gasteiger partial charge in [0.15, 0.2) is 0 Å². The Kier molecular flexibility index (Phi) is 10.5. The molecule has 28 heavy (non-hydrogen) atoms. The quantitative estimate of drug-likeness (QED) is 0.764. The number of piperazine rings is 1. The molecule has 0 aromatic carbocycles. The number of pyridine rings is 1. The van der Waals surface area contributed by atoms with Crippen molar-refractivity contribution in [1.29, 1.82) is 0 Å². The number of carbonyl (C=O) groups is 1. The highest BCUT2D eigenvalue weighted by Crippen LogP contribution is 2.34. The van der Waals surface area contributed by atoms with Gasteiger partial charge < -0.3 is 10.2 Å². The van der Waals surface area contributed by atoms with Gasteiger partial charge in [-0.25, -0.2) is 0 Å². The van der Waals surface area contributed by atoms with Gasteiger partial charge in [0.25, 0.3) is 0 Å². The van der Waals surface area contributed by atoms with Crippen LogP contribution in [-0.2, 0) is 4.79 Å². The van der Waals surface area contributed by atoms with Crippen molar-refractivity contribution in [3.63, 3.8) is 0 Å². The number of carbonyl (C=O) groups excluding carboxylic acids is 1. The Labute approximate surface area is 187 Å². The highest BCUT2D eigenvalue weighted by molar-refractivity contribution is 5.86. The van der Waals surface area contributed by atoms with Crippen molar-refractivity contribution in [3.05, 3.63) is 30.1 Å². The van der Waals surface area contributed by atoms with Crippen molar-refractivity contribution in [1.82, 2.24) is 20.1 Å². The van der Waals surface area contributed by atoms with Gasteiger partial charge in [0.2, 0.25) is 5.91 Å². The van der Waals surface area contributed by atoms with Crippen LogP contribution in [-0.4, -0.2) is 59.0 Å². The molecule has 4 unspecified atom stereocenters. The molecule has 5 nitrogen and oxygen atoms in total. The molecular formula is C20H33Cl3N4O. The smallest absolute Gasteiger partial charge is 0.239 e. The molecule has 160 valence electrons. The van der Waals surface area contributed by atoms with Gasteiger partial charge in [0.1, 0.15) is 0 Å². The molecule has 2 aliphatic heterocycles. The Morgan fingerprint density at radius 2 is 1.86 bits per heavy atom. The second kappa shape index (κ2) is 11.6. The third kappa shape index (κ3) is 5.51. The van der Waals surface area contributed by atoms with Crippen molar-refractivity contribution in [3.8, 4) is 0 Å². The fourth-order valence-electron chi connectivity index (χ4n) is 4.89. The topological polar surface area (TPSA) is 48.5 Å². The van der Waals surface area contributed by atoms with Crippen LogP contribution in [0.4, 0.5) is 0 Å². The van der Waals surface area contributed by atoms with Gasteiger partial charge in [-0.2, -0.15) is 0 Å². The monoisotopic (exact) mass is 450 g/mol. The summed E-state index contributed by atoms with van der Waals surface area (Å²) in [6, 6.07) is 5.15. The minimum absolute atomic E-state index is 0. The van der Waals surface area contributed by atoms with Crippen LogP contribution in [0.3, 0.4) is 0 Å². The zero-order valence-electron chi connectivity index (χ0n) is 16.5. The molecule has 1 saturated carbocycles. The van der Waals surface area contributed by atoms with Crippen molar-refractivity contribution < 1.29 is 4.79 Å². The molecule has 1 N–H and O–H groups in total. The molecular weight excluding hydrogens is 419 g/mol. The molecule has 4 atom stereocenters.